The van der Waals surface area contributed by atoms with Crippen molar-refractivity contribution in [3.8, 4) is 0 Å². The number of hydrogen-bond donors (Lipinski definition) is 3. The summed E-state index contributed by atoms with van der Waals surface area (Å²) in [6.45, 7) is 5.01. The molecule has 3 N–H and O–H groups in total. The number of carbonyl (C=O) groups excluding carboxylic acids is 2. The number of nitrogens with one attached hydrogen (secondary N) is 1. The molecule has 514 valence electrons. The second kappa shape index (κ2) is 76.3. The van der Waals surface area contributed by atoms with Crippen molar-refractivity contribution in [2.75, 3.05) is 13.2 Å². The zero-order valence-electron chi connectivity index (χ0n) is 59.1. The molecule has 0 heterocycles. The first-order valence-electron chi connectivity index (χ1n) is 40.3. The van der Waals surface area contributed by atoms with E-state index in [1.807, 2.05) is 0 Å². The highest BCUT2D eigenvalue weighted by molar-refractivity contribution is 5.76. The fourth-order valence-electron chi connectivity index (χ4n) is 13.3. The van der Waals surface area contributed by atoms with Gasteiger partial charge >= 0.3 is 5.97 Å². The molecule has 0 bridgehead atoms. The fourth-order valence-corrected chi connectivity index (χ4v) is 13.3. The third kappa shape index (κ3) is 71.9. The number of carbonyl (C=O) groups is 2. The zero-order valence-corrected chi connectivity index (χ0v) is 59.1. The van der Waals surface area contributed by atoms with E-state index in [2.05, 4.69) is 19.2 Å². The summed E-state index contributed by atoms with van der Waals surface area (Å²) >= 11 is 0. The van der Waals surface area contributed by atoms with Crippen molar-refractivity contribution in [1.82, 2.24) is 5.32 Å². The molecule has 0 radical (unpaired) electrons. The van der Waals surface area contributed by atoms with Crippen molar-refractivity contribution in [2.24, 2.45) is 0 Å². The molecule has 0 saturated carbocycles. The number of aliphatic hydroxyl groups is 2. The third-order valence-electron chi connectivity index (χ3n) is 19.4. The topological polar surface area (TPSA) is 95.9 Å². The second-order valence-electron chi connectivity index (χ2n) is 28.1. The van der Waals surface area contributed by atoms with Crippen LogP contribution in [0.5, 0.6) is 0 Å². The Morgan fingerprint density at radius 3 is 0.709 bits per heavy atom. The summed E-state index contributed by atoms with van der Waals surface area (Å²) in [6, 6.07) is -0.535. The molecule has 0 aromatic carbocycles. The SMILES string of the molecule is CCCCCCCCCCCCCCCCCCCC(=O)OCCCCCCCCCCCCCCCCCCCCCCCCCCCCCCCCCCCCCCCCCC(=O)NC(CO)C(O)CCCCCCCCCCCCCCC. The van der Waals surface area contributed by atoms with Gasteiger partial charge < -0.3 is 20.3 Å². The second-order valence-corrected chi connectivity index (χ2v) is 28.1. The first-order valence-corrected chi connectivity index (χ1v) is 40.3. The highest BCUT2D eigenvalue weighted by atomic mass is 16.5. The first-order chi connectivity index (χ1) is 42.5. The number of rotatable bonds is 77. The van der Waals surface area contributed by atoms with Crippen LogP contribution in [0.2, 0.25) is 0 Å². The minimum atomic E-state index is -0.658. The minimum absolute atomic E-state index is 0.0255. The van der Waals surface area contributed by atoms with Crippen LogP contribution in [-0.4, -0.2) is 47.4 Å². The number of amides is 1. The lowest BCUT2D eigenvalue weighted by atomic mass is 10.0. The molecule has 0 aromatic rings. The van der Waals surface area contributed by atoms with Gasteiger partial charge in [0.05, 0.1) is 25.4 Å². The van der Waals surface area contributed by atoms with Crippen LogP contribution in [0.1, 0.15) is 476 Å². The summed E-state index contributed by atoms with van der Waals surface area (Å²) in [5.41, 5.74) is 0. The van der Waals surface area contributed by atoms with Crippen LogP contribution in [0.3, 0.4) is 0 Å². The van der Waals surface area contributed by atoms with Gasteiger partial charge in [0.1, 0.15) is 0 Å². The van der Waals surface area contributed by atoms with Crippen LogP contribution >= 0.6 is 0 Å². The first kappa shape index (κ1) is 84.9. The quantitative estimate of drug-likeness (QED) is 0.0417. The van der Waals surface area contributed by atoms with E-state index in [-0.39, 0.29) is 18.5 Å². The van der Waals surface area contributed by atoms with Gasteiger partial charge in [-0.05, 0) is 25.7 Å². The molecule has 0 aromatic heterocycles. The molecule has 86 heavy (non-hydrogen) atoms. The summed E-state index contributed by atoms with van der Waals surface area (Å²) in [5, 5.41) is 23.3. The molecule has 0 saturated heterocycles. The van der Waals surface area contributed by atoms with Crippen LogP contribution in [-0.2, 0) is 14.3 Å². The van der Waals surface area contributed by atoms with E-state index in [1.54, 1.807) is 0 Å². The van der Waals surface area contributed by atoms with Crippen molar-refractivity contribution in [3.63, 3.8) is 0 Å². The highest BCUT2D eigenvalue weighted by Gasteiger charge is 2.20. The van der Waals surface area contributed by atoms with Crippen molar-refractivity contribution < 1.29 is 24.5 Å². The van der Waals surface area contributed by atoms with E-state index in [9.17, 15) is 19.8 Å². The summed E-state index contributed by atoms with van der Waals surface area (Å²) in [6.07, 6.45) is 95.1. The molecule has 6 heteroatoms. The minimum Gasteiger partial charge on any atom is -0.466 e. The van der Waals surface area contributed by atoms with Crippen molar-refractivity contribution in [1.29, 1.82) is 0 Å². The van der Waals surface area contributed by atoms with Gasteiger partial charge in [0, 0.05) is 12.8 Å². The van der Waals surface area contributed by atoms with Crippen molar-refractivity contribution >= 4 is 11.9 Å². The van der Waals surface area contributed by atoms with E-state index in [1.165, 1.54) is 405 Å². The fraction of sp³-hybridized carbons (Fsp3) is 0.975. The van der Waals surface area contributed by atoms with Crippen LogP contribution in [0, 0.1) is 0 Å². The summed E-state index contributed by atoms with van der Waals surface area (Å²) < 4.78 is 5.52. The predicted octanol–water partition coefficient (Wildman–Crippen LogP) is 26.5. The van der Waals surface area contributed by atoms with E-state index in [0.717, 1.165) is 38.5 Å². The maximum Gasteiger partial charge on any atom is 0.305 e. The summed E-state index contributed by atoms with van der Waals surface area (Å²) in [4.78, 5) is 24.6. The predicted molar refractivity (Wildman–Crippen MR) is 380 cm³/mol. The molecular weight excluding hydrogens is 1050 g/mol. The number of aliphatic hydroxyl groups excluding tert-OH is 2. The van der Waals surface area contributed by atoms with Gasteiger partial charge in [-0.25, -0.2) is 0 Å². The van der Waals surface area contributed by atoms with Crippen LogP contribution in [0.15, 0.2) is 0 Å². The van der Waals surface area contributed by atoms with Crippen molar-refractivity contribution in [2.45, 2.75) is 488 Å². The average molecular weight is 1220 g/mol. The number of unbranched alkanes of at least 4 members (excludes halogenated alkanes) is 66. The maximum absolute atomic E-state index is 12.5. The Bertz CT molecular complexity index is 1260. The molecule has 0 rings (SSSR count). The van der Waals surface area contributed by atoms with E-state index in [0.29, 0.717) is 25.9 Å². The molecule has 0 fully saturated rings. The monoisotopic (exact) mass is 1210 g/mol. The standard InChI is InChI=1S/C80H159NO5/c1-3-5-7-9-11-13-15-17-18-42-46-50-54-58-62-66-70-74-80(85)86-75-71-67-63-59-55-51-47-44-41-39-37-35-33-31-29-27-25-23-21-19-20-22-24-26-28-30-32-34-36-38-40-43-45-49-53-57-61-65-69-73-79(84)81-77(76-82)78(83)72-68-64-60-56-52-48-16-14-12-10-8-6-4-2/h77-78,82-83H,3-76H2,1-2H3,(H,81,84). The molecule has 2 unspecified atom stereocenters. The number of esters is 1. The van der Waals surface area contributed by atoms with Gasteiger partial charge in [0.25, 0.3) is 0 Å². The lowest BCUT2D eigenvalue weighted by Gasteiger charge is -2.22. The molecule has 0 spiro atoms. The zero-order chi connectivity index (χ0) is 62.0. The van der Waals surface area contributed by atoms with Gasteiger partial charge in [-0.1, -0.05) is 438 Å². The Kier molecular flexibility index (Phi) is 75.3. The Hall–Kier alpha value is -1.14. The maximum atomic E-state index is 12.5. The Morgan fingerprint density at radius 1 is 0.279 bits per heavy atom. The van der Waals surface area contributed by atoms with E-state index >= 15 is 0 Å². The molecule has 0 aliphatic rings. The van der Waals surface area contributed by atoms with Crippen LogP contribution in [0.25, 0.3) is 0 Å². The van der Waals surface area contributed by atoms with Gasteiger partial charge in [0.2, 0.25) is 5.91 Å². The largest absolute Gasteiger partial charge is 0.466 e. The number of hydrogen-bond acceptors (Lipinski definition) is 5. The smallest absolute Gasteiger partial charge is 0.305 e. The Morgan fingerprint density at radius 2 is 0.477 bits per heavy atom. The molecular formula is C80H159NO5. The van der Waals surface area contributed by atoms with Gasteiger partial charge in [0.15, 0.2) is 0 Å². The van der Waals surface area contributed by atoms with Gasteiger partial charge in [-0.15, -0.1) is 0 Å². The summed E-state index contributed by atoms with van der Waals surface area (Å²) in [5.74, 6) is 0.00390. The number of ether oxygens (including phenoxy) is 1. The van der Waals surface area contributed by atoms with Crippen LogP contribution < -0.4 is 5.32 Å². The Balaban J connectivity index is 3.26. The Labute approximate surface area is 540 Å². The average Bonchev–Trinajstić information content (AvgIpc) is 3.54. The third-order valence-corrected chi connectivity index (χ3v) is 19.4. The highest BCUT2D eigenvalue weighted by Crippen LogP contribution is 2.21. The molecule has 2 atom stereocenters. The normalized spacial score (nSPS) is 12.4. The molecule has 1 amide bonds. The molecule has 0 aliphatic carbocycles. The van der Waals surface area contributed by atoms with E-state index in [4.69, 9.17) is 4.74 Å². The van der Waals surface area contributed by atoms with Gasteiger partial charge in [-0.2, -0.15) is 0 Å². The van der Waals surface area contributed by atoms with Gasteiger partial charge in [-0.3, -0.25) is 9.59 Å². The lowest BCUT2D eigenvalue weighted by Crippen LogP contribution is -2.45. The lowest BCUT2D eigenvalue weighted by molar-refractivity contribution is -0.143. The summed E-state index contributed by atoms with van der Waals surface area (Å²) in [7, 11) is 0. The molecule has 6 nitrogen and oxygen atoms in total. The molecule has 0 aliphatic heterocycles. The van der Waals surface area contributed by atoms with Crippen LogP contribution in [0.4, 0.5) is 0 Å². The van der Waals surface area contributed by atoms with E-state index < -0.39 is 12.1 Å². The van der Waals surface area contributed by atoms with Crippen molar-refractivity contribution in [3.05, 3.63) is 0 Å².